The van der Waals surface area contributed by atoms with Gasteiger partial charge in [-0.05, 0) is 31.4 Å². The van der Waals surface area contributed by atoms with Gasteiger partial charge in [0.1, 0.15) is 11.5 Å². The van der Waals surface area contributed by atoms with E-state index in [0.29, 0.717) is 12.4 Å². The Morgan fingerprint density at radius 3 is 2.76 bits per heavy atom. The van der Waals surface area contributed by atoms with Crippen molar-refractivity contribution < 1.29 is 9.90 Å². The second kappa shape index (κ2) is 5.33. The summed E-state index contributed by atoms with van der Waals surface area (Å²) in [6, 6.07) is 0. The molecule has 1 saturated heterocycles. The normalized spacial score (nSPS) is 22.4. The molecule has 1 aromatic heterocycles. The highest BCUT2D eigenvalue weighted by Gasteiger charge is 2.52. The first kappa shape index (κ1) is 15.8. The third kappa shape index (κ3) is 2.77. The number of halogens is 1. The number of likely N-dealkylation sites (tertiary alicyclic amines) is 1. The highest BCUT2D eigenvalue weighted by atomic mass is 35.5. The first-order chi connectivity index (χ1) is 9.67. The monoisotopic (exact) mass is 312 g/mol. The van der Waals surface area contributed by atoms with Gasteiger partial charge in [-0.1, -0.05) is 20.8 Å². The summed E-state index contributed by atoms with van der Waals surface area (Å²) in [5, 5.41) is 13.0. The van der Waals surface area contributed by atoms with E-state index in [4.69, 9.17) is 11.6 Å². The number of amides is 1. The van der Waals surface area contributed by atoms with Crippen molar-refractivity contribution in [1.29, 1.82) is 0 Å². The number of nitrogens with one attached hydrogen (secondary N) is 1. The Morgan fingerprint density at radius 2 is 2.19 bits per heavy atom. The molecule has 1 aliphatic rings. The first-order valence-corrected chi connectivity index (χ1v) is 7.33. The maximum absolute atomic E-state index is 11.6. The Morgan fingerprint density at radius 1 is 1.52 bits per heavy atom. The van der Waals surface area contributed by atoms with Crippen molar-refractivity contribution in [3.63, 3.8) is 0 Å². The largest absolute Gasteiger partial charge is 0.465 e. The van der Waals surface area contributed by atoms with Crippen molar-refractivity contribution in [2.75, 3.05) is 11.9 Å². The molecule has 2 N–H and O–H groups in total. The molecule has 0 aliphatic carbocycles. The third-order valence-electron chi connectivity index (χ3n) is 4.12. The first-order valence-electron chi connectivity index (χ1n) is 6.95. The SMILES string of the molecule is Cc1cnc(Cl)nc1NC1(C(C)(C)C)CCCN1C(=O)O. The Labute approximate surface area is 129 Å². The summed E-state index contributed by atoms with van der Waals surface area (Å²) in [6.45, 7) is 8.46. The number of aromatic nitrogens is 2. The number of carboxylic acid groups (broad SMARTS) is 1. The predicted molar refractivity (Wildman–Crippen MR) is 81.6 cm³/mol. The van der Waals surface area contributed by atoms with Crippen LogP contribution in [0.25, 0.3) is 0 Å². The molecule has 1 aliphatic heterocycles. The van der Waals surface area contributed by atoms with E-state index in [2.05, 4.69) is 15.3 Å². The minimum absolute atomic E-state index is 0.145. The molecule has 2 heterocycles. The molecular formula is C14H21ClN4O2. The van der Waals surface area contributed by atoms with Crippen molar-refractivity contribution in [1.82, 2.24) is 14.9 Å². The van der Waals surface area contributed by atoms with E-state index in [9.17, 15) is 9.90 Å². The van der Waals surface area contributed by atoms with Crippen LogP contribution in [0.4, 0.5) is 10.6 Å². The van der Waals surface area contributed by atoms with E-state index in [1.807, 2.05) is 27.7 Å². The van der Waals surface area contributed by atoms with Crippen molar-refractivity contribution in [2.24, 2.45) is 5.41 Å². The standard InChI is InChI=1S/C14H21ClN4O2/c1-9-8-16-11(15)17-10(9)18-14(13(2,3)4)6-5-7-19(14)12(20)21/h8H,5-7H2,1-4H3,(H,20,21)(H,16,17,18). The summed E-state index contributed by atoms with van der Waals surface area (Å²) >= 11 is 5.87. The maximum Gasteiger partial charge on any atom is 0.409 e. The molecule has 0 saturated carbocycles. The van der Waals surface area contributed by atoms with Gasteiger partial charge in [0.2, 0.25) is 5.28 Å². The fourth-order valence-electron chi connectivity index (χ4n) is 2.92. The van der Waals surface area contributed by atoms with E-state index < -0.39 is 11.8 Å². The summed E-state index contributed by atoms with van der Waals surface area (Å²) in [5.74, 6) is 0.582. The molecule has 116 valence electrons. The molecule has 1 aromatic rings. The van der Waals surface area contributed by atoms with Gasteiger partial charge in [0.05, 0.1) is 0 Å². The van der Waals surface area contributed by atoms with Gasteiger partial charge in [-0.25, -0.2) is 14.8 Å². The van der Waals surface area contributed by atoms with Crippen molar-refractivity contribution in [3.8, 4) is 0 Å². The quantitative estimate of drug-likeness (QED) is 0.819. The van der Waals surface area contributed by atoms with Crippen LogP contribution >= 0.6 is 11.6 Å². The fraction of sp³-hybridized carbons (Fsp3) is 0.643. The highest BCUT2D eigenvalue weighted by molar-refractivity contribution is 6.28. The van der Waals surface area contributed by atoms with Gasteiger partial charge in [-0.3, -0.25) is 4.90 Å². The van der Waals surface area contributed by atoms with Crippen LogP contribution in [-0.2, 0) is 0 Å². The molecule has 0 radical (unpaired) electrons. The lowest BCUT2D eigenvalue weighted by Gasteiger charge is -2.47. The number of rotatable bonds is 2. The number of hydrogen-bond donors (Lipinski definition) is 2. The van der Waals surface area contributed by atoms with Gasteiger partial charge < -0.3 is 10.4 Å². The number of aryl methyl sites for hydroxylation is 1. The molecule has 0 spiro atoms. The summed E-state index contributed by atoms with van der Waals surface area (Å²) < 4.78 is 0. The molecule has 6 nitrogen and oxygen atoms in total. The molecule has 7 heteroatoms. The van der Waals surface area contributed by atoms with E-state index >= 15 is 0 Å². The van der Waals surface area contributed by atoms with Crippen LogP contribution in [0.1, 0.15) is 39.2 Å². The van der Waals surface area contributed by atoms with Gasteiger partial charge in [-0.15, -0.1) is 0 Å². The topological polar surface area (TPSA) is 78.4 Å². The lowest BCUT2D eigenvalue weighted by Crippen LogP contribution is -2.60. The molecule has 1 fully saturated rings. The molecule has 2 rings (SSSR count). The zero-order valence-electron chi connectivity index (χ0n) is 12.8. The molecular weight excluding hydrogens is 292 g/mol. The van der Waals surface area contributed by atoms with Gasteiger partial charge in [0.25, 0.3) is 0 Å². The predicted octanol–water partition coefficient (Wildman–Crippen LogP) is 3.37. The van der Waals surface area contributed by atoms with E-state index in [1.54, 1.807) is 6.20 Å². The molecule has 21 heavy (non-hydrogen) atoms. The molecule has 0 aromatic carbocycles. The maximum atomic E-state index is 11.6. The highest BCUT2D eigenvalue weighted by Crippen LogP contribution is 2.44. The van der Waals surface area contributed by atoms with E-state index in [1.165, 1.54) is 4.90 Å². The van der Waals surface area contributed by atoms with Crippen LogP contribution in [-0.4, -0.2) is 38.3 Å². The minimum atomic E-state index is -0.923. The van der Waals surface area contributed by atoms with Gasteiger partial charge in [-0.2, -0.15) is 0 Å². The molecule has 1 atom stereocenters. The Hall–Kier alpha value is -1.56. The van der Waals surface area contributed by atoms with Crippen molar-refractivity contribution in [3.05, 3.63) is 17.0 Å². The summed E-state index contributed by atoms with van der Waals surface area (Å²) in [6.07, 6.45) is 2.25. The van der Waals surface area contributed by atoms with Gasteiger partial charge >= 0.3 is 6.09 Å². The molecule has 0 bridgehead atoms. The second-order valence-electron chi connectivity index (χ2n) is 6.44. The number of nitrogens with zero attached hydrogens (tertiary/aromatic N) is 3. The van der Waals surface area contributed by atoms with E-state index in [-0.39, 0.29) is 10.7 Å². The van der Waals surface area contributed by atoms with Crippen LogP contribution in [0.3, 0.4) is 0 Å². The lowest BCUT2D eigenvalue weighted by atomic mass is 9.78. The zero-order chi connectivity index (χ0) is 15.8. The Bertz CT molecular complexity index is 558. The van der Waals surface area contributed by atoms with E-state index in [0.717, 1.165) is 18.4 Å². The van der Waals surface area contributed by atoms with Crippen molar-refractivity contribution in [2.45, 2.75) is 46.2 Å². The lowest BCUT2D eigenvalue weighted by molar-refractivity contribution is 0.0505. The zero-order valence-corrected chi connectivity index (χ0v) is 13.5. The van der Waals surface area contributed by atoms with Gasteiger partial charge in [0.15, 0.2) is 0 Å². The smallest absolute Gasteiger partial charge is 0.409 e. The van der Waals surface area contributed by atoms with Crippen LogP contribution in [0, 0.1) is 12.3 Å². The van der Waals surface area contributed by atoms with Gasteiger partial charge in [0, 0.05) is 23.7 Å². The molecule has 1 unspecified atom stereocenters. The summed E-state index contributed by atoms with van der Waals surface area (Å²) in [7, 11) is 0. The van der Waals surface area contributed by atoms with Crippen LogP contribution in [0.5, 0.6) is 0 Å². The van der Waals surface area contributed by atoms with Crippen molar-refractivity contribution >= 4 is 23.5 Å². The number of anilines is 1. The van der Waals surface area contributed by atoms with Crippen LogP contribution < -0.4 is 5.32 Å². The second-order valence-corrected chi connectivity index (χ2v) is 6.78. The average Bonchev–Trinajstić information content (AvgIpc) is 2.78. The number of carbonyl (C=O) groups is 1. The fourth-order valence-corrected chi connectivity index (χ4v) is 3.05. The Balaban J connectivity index is 2.47. The summed E-state index contributed by atoms with van der Waals surface area (Å²) in [5.41, 5.74) is -0.173. The molecule has 1 amide bonds. The number of hydrogen-bond acceptors (Lipinski definition) is 4. The average molecular weight is 313 g/mol. The summed E-state index contributed by atoms with van der Waals surface area (Å²) in [4.78, 5) is 21.3. The Kier molecular flexibility index (Phi) is 4.02. The third-order valence-corrected chi connectivity index (χ3v) is 4.30. The van der Waals surface area contributed by atoms with Crippen LogP contribution in [0.2, 0.25) is 5.28 Å². The minimum Gasteiger partial charge on any atom is -0.465 e. The van der Waals surface area contributed by atoms with Crippen LogP contribution in [0.15, 0.2) is 6.20 Å².